The number of aliphatic hydroxyl groups excluding tert-OH is 2. The normalized spacial score (nSPS) is 27.3. The molecule has 1 fully saturated rings. The molecule has 3 aliphatic carbocycles. The Morgan fingerprint density at radius 3 is 2.58 bits per heavy atom. The van der Waals surface area contributed by atoms with Gasteiger partial charge in [0, 0.05) is 48.7 Å². The molecule has 1 aromatic carbocycles. The Hall–Kier alpha value is -3.41. The molecule has 1 amide bonds. The highest BCUT2D eigenvalue weighted by Crippen LogP contribution is 2.52. The average Bonchev–Trinajstić information content (AvgIpc) is 3.37. The maximum Gasteiger partial charge on any atom is 0.255 e. The van der Waals surface area contributed by atoms with Crippen molar-refractivity contribution in [3.63, 3.8) is 0 Å². The van der Waals surface area contributed by atoms with E-state index in [-0.39, 0.29) is 36.1 Å². The molecule has 0 saturated carbocycles. The number of phenols is 1. The number of nitrogens with one attached hydrogen (secondary N) is 1. The molecule has 7 N–H and O–H groups in total. The van der Waals surface area contributed by atoms with Crippen LogP contribution in [0.5, 0.6) is 11.5 Å². The van der Waals surface area contributed by atoms with Crippen molar-refractivity contribution in [3.05, 3.63) is 45.4 Å². The molecule has 38 heavy (non-hydrogen) atoms. The fourth-order valence-electron chi connectivity index (χ4n) is 6.58. The van der Waals surface area contributed by atoms with Crippen LogP contribution >= 0.6 is 0 Å². The molecule has 4 aliphatic rings. The summed E-state index contributed by atoms with van der Waals surface area (Å²) in [7, 11) is 1.49. The van der Waals surface area contributed by atoms with Gasteiger partial charge >= 0.3 is 0 Å². The first-order chi connectivity index (χ1) is 18.1. The predicted molar refractivity (Wildman–Crippen MR) is 135 cm³/mol. The van der Waals surface area contributed by atoms with Crippen LogP contribution in [0.15, 0.2) is 28.7 Å². The third-order valence-electron chi connectivity index (χ3n) is 8.41. The largest absolute Gasteiger partial charge is 0.511 e. The Labute approximate surface area is 219 Å². The van der Waals surface area contributed by atoms with Crippen molar-refractivity contribution in [1.82, 2.24) is 10.2 Å². The number of ether oxygens (including phenoxy) is 1. The number of benzene rings is 1. The van der Waals surface area contributed by atoms with E-state index in [2.05, 4.69) is 10.2 Å². The van der Waals surface area contributed by atoms with Gasteiger partial charge in [-0.15, -0.1) is 0 Å². The molecule has 1 saturated heterocycles. The summed E-state index contributed by atoms with van der Waals surface area (Å²) in [6.07, 6.45) is 2.43. The van der Waals surface area contributed by atoms with Crippen LogP contribution in [0.4, 0.5) is 0 Å². The van der Waals surface area contributed by atoms with Crippen LogP contribution in [0.25, 0.3) is 0 Å². The second-order valence-electron chi connectivity index (χ2n) is 10.6. The smallest absolute Gasteiger partial charge is 0.255 e. The highest BCUT2D eigenvalue weighted by molar-refractivity contribution is 6.24. The summed E-state index contributed by atoms with van der Waals surface area (Å²) >= 11 is 0. The quantitative estimate of drug-likeness (QED) is 0.219. The van der Waals surface area contributed by atoms with Crippen LogP contribution < -0.4 is 15.8 Å². The van der Waals surface area contributed by atoms with Crippen molar-refractivity contribution in [2.75, 3.05) is 33.3 Å². The van der Waals surface area contributed by atoms with Crippen molar-refractivity contribution in [2.45, 2.75) is 44.2 Å². The summed E-state index contributed by atoms with van der Waals surface area (Å²) < 4.78 is 5.69. The van der Waals surface area contributed by atoms with Gasteiger partial charge in [0.1, 0.15) is 28.6 Å². The fourth-order valence-corrected chi connectivity index (χ4v) is 6.58. The molecule has 0 aromatic heterocycles. The molecule has 1 aliphatic heterocycles. The standard InChI is InChI=1S/C27H33N3O8/c1-38-23-14(12-29-4-7-30-5-2-3-6-30)10-17(31)20-16(23)9-13-8-15-11-18(32)21(26(28)36)25(35)27(15,37)24(34)19(13)22(20)33/h10,13,15,29,31-32,34,37H,2-9,11-12H2,1H3,(H2,28,36)/t13?,15-,27-/m0/s1. The lowest BCUT2D eigenvalue weighted by Gasteiger charge is -2.45. The van der Waals surface area contributed by atoms with Gasteiger partial charge in [-0.05, 0) is 50.8 Å². The number of amides is 1. The molecule has 1 aromatic rings. The number of nitrogens with zero attached hydrogens (tertiary/aromatic N) is 1. The molecule has 204 valence electrons. The van der Waals surface area contributed by atoms with E-state index in [9.17, 15) is 34.8 Å². The van der Waals surface area contributed by atoms with Gasteiger partial charge in [-0.3, -0.25) is 14.4 Å². The number of ketones is 2. The first-order valence-electron chi connectivity index (χ1n) is 12.9. The third kappa shape index (κ3) is 3.96. The number of primary amides is 1. The predicted octanol–water partition coefficient (Wildman–Crippen LogP) is 0.775. The summed E-state index contributed by atoms with van der Waals surface area (Å²) in [5, 5.41) is 47.0. The Kier molecular flexibility index (Phi) is 6.70. The van der Waals surface area contributed by atoms with Crippen LogP contribution in [0.2, 0.25) is 0 Å². The van der Waals surface area contributed by atoms with E-state index in [0.29, 0.717) is 23.4 Å². The van der Waals surface area contributed by atoms with Crippen molar-refractivity contribution in [1.29, 1.82) is 0 Å². The number of carbonyl (C=O) groups excluding carboxylic acids is 3. The van der Waals surface area contributed by atoms with Gasteiger partial charge in [0.25, 0.3) is 5.91 Å². The third-order valence-corrected chi connectivity index (χ3v) is 8.41. The van der Waals surface area contributed by atoms with E-state index < -0.39 is 52.0 Å². The Morgan fingerprint density at radius 1 is 1.21 bits per heavy atom. The number of allylic oxidation sites excluding steroid dienone is 2. The number of rotatable bonds is 7. The number of Topliss-reactive ketones (excluding diaryl/α,β-unsaturated/α-hetero) is 2. The molecule has 11 nitrogen and oxygen atoms in total. The van der Waals surface area contributed by atoms with Gasteiger partial charge in [0.05, 0.1) is 12.7 Å². The number of methoxy groups -OCH3 is 1. The lowest BCUT2D eigenvalue weighted by molar-refractivity contribution is -0.144. The van der Waals surface area contributed by atoms with Crippen LogP contribution in [0.3, 0.4) is 0 Å². The lowest BCUT2D eigenvalue weighted by Crippen LogP contribution is -2.57. The maximum absolute atomic E-state index is 13.6. The van der Waals surface area contributed by atoms with E-state index in [1.807, 2.05) is 0 Å². The number of fused-ring (bicyclic) bond motifs is 3. The Balaban J connectivity index is 1.48. The maximum atomic E-state index is 13.6. The Morgan fingerprint density at radius 2 is 1.92 bits per heavy atom. The molecule has 0 bridgehead atoms. The second kappa shape index (κ2) is 9.72. The number of nitrogens with two attached hydrogens (primary N) is 1. The van der Waals surface area contributed by atoms with Crippen LogP contribution in [-0.2, 0) is 22.6 Å². The van der Waals surface area contributed by atoms with Gasteiger partial charge in [-0.25, -0.2) is 0 Å². The highest BCUT2D eigenvalue weighted by atomic mass is 16.5. The highest BCUT2D eigenvalue weighted by Gasteiger charge is 2.59. The van der Waals surface area contributed by atoms with Crippen molar-refractivity contribution in [2.24, 2.45) is 17.6 Å². The zero-order valence-electron chi connectivity index (χ0n) is 21.2. The summed E-state index contributed by atoms with van der Waals surface area (Å²) in [4.78, 5) is 40.8. The molecule has 1 heterocycles. The zero-order chi connectivity index (χ0) is 27.4. The molecule has 0 radical (unpaired) electrons. The van der Waals surface area contributed by atoms with Gasteiger partial charge < -0.3 is 41.1 Å². The number of aromatic hydroxyl groups is 1. The zero-order valence-corrected chi connectivity index (χ0v) is 21.2. The SMILES string of the molecule is COc1c(CNCCN2CCCC2)cc(O)c2c1CC1C[C@H]3CC(O)=C(C(N)=O)C(=O)[C@@]3(O)C(O)=C1C2=O. The van der Waals surface area contributed by atoms with Crippen molar-refractivity contribution in [3.8, 4) is 11.5 Å². The van der Waals surface area contributed by atoms with Gasteiger partial charge in [0.2, 0.25) is 5.78 Å². The van der Waals surface area contributed by atoms with E-state index in [4.69, 9.17) is 10.5 Å². The van der Waals surface area contributed by atoms with Crippen LogP contribution in [-0.4, -0.2) is 81.7 Å². The Bertz CT molecular complexity index is 1280. The summed E-state index contributed by atoms with van der Waals surface area (Å²) in [5.74, 6) is -6.03. The molecule has 5 rings (SSSR count). The number of carbonyl (C=O) groups is 3. The fraction of sp³-hybridized carbons (Fsp3) is 0.519. The summed E-state index contributed by atoms with van der Waals surface area (Å²) in [6.45, 7) is 4.26. The molecule has 1 unspecified atom stereocenters. The molecule has 3 atom stereocenters. The molecule has 11 heteroatoms. The molecular formula is C27H33N3O8. The second-order valence-corrected chi connectivity index (χ2v) is 10.6. The van der Waals surface area contributed by atoms with Crippen LogP contribution in [0.1, 0.15) is 47.2 Å². The van der Waals surface area contributed by atoms with Gasteiger partial charge in [-0.2, -0.15) is 0 Å². The van der Waals surface area contributed by atoms with Crippen molar-refractivity contribution >= 4 is 17.5 Å². The van der Waals surface area contributed by atoms with Crippen molar-refractivity contribution < 1.29 is 39.5 Å². The topological polar surface area (TPSA) is 183 Å². The summed E-state index contributed by atoms with van der Waals surface area (Å²) in [6, 6.07) is 1.45. The van der Waals surface area contributed by atoms with Gasteiger partial charge in [-0.1, -0.05) is 0 Å². The van der Waals surface area contributed by atoms with E-state index >= 15 is 0 Å². The average molecular weight is 528 g/mol. The first kappa shape index (κ1) is 26.2. The number of likely N-dealkylation sites (tertiary alicyclic amines) is 1. The minimum atomic E-state index is -2.57. The minimum absolute atomic E-state index is 0.0562. The van der Waals surface area contributed by atoms with Gasteiger partial charge in [0.15, 0.2) is 11.4 Å². The van der Waals surface area contributed by atoms with E-state index in [1.54, 1.807) is 0 Å². The lowest BCUT2D eigenvalue weighted by atomic mass is 9.60. The number of phenolic OH excluding ortho intramolecular Hbond substituents is 1. The molecule has 0 spiro atoms. The monoisotopic (exact) mass is 527 g/mol. The minimum Gasteiger partial charge on any atom is -0.511 e. The number of hydrogen-bond donors (Lipinski definition) is 6. The first-order valence-corrected chi connectivity index (χ1v) is 12.9. The van der Waals surface area contributed by atoms with E-state index in [0.717, 1.165) is 26.2 Å². The summed E-state index contributed by atoms with van der Waals surface area (Å²) in [5.41, 5.74) is 2.79. The van der Waals surface area contributed by atoms with Crippen LogP contribution in [0, 0.1) is 11.8 Å². The number of hydrogen-bond acceptors (Lipinski definition) is 10. The molecular weight excluding hydrogens is 494 g/mol. The van der Waals surface area contributed by atoms with E-state index in [1.165, 1.54) is 26.0 Å². The number of aliphatic hydroxyl groups is 3.